The minimum absolute atomic E-state index is 0.0271. The summed E-state index contributed by atoms with van der Waals surface area (Å²) in [6.07, 6.45) is 0. The van der Waals surface area contributed by atoms with Crippen LogP contribution >= 0.6 is 23.2 Å². The lowest BCUT2D eigenvalue weighted by Crippen LogP contribution is -2.13. The number of anilines is 1. The molecule has 0 atom stereocenters. The van der Waals surface area contributed by atoms with Gasteiger partial charge in [-0.3, -0.25) is 14.9 Å². The van der Waals surface area contributed by atoms with Crippen LogP contribution in [0.3, 0.4) is 0 Å². The number of hydrogen-bond acceptors (Lipinski definition) is 4. The number of benzene rings is 2. The summed E-state index contributed by atoms with van der Waals surface area (Å²) in [7, 11) is 0. The number of nitrogens with one attached hydrogen (secondary N) is 1. The summed E-state index contributed by atoms with van der Waals surface area (Å²) in [5, 5.41) is 22.3. The van der Waals surface area contributed by atoms with Gasteiger partial charge in [0.25, 0.3) is 11.6 Å². The molecule has 0 radical (unpaired) electrons. The first-order chi connectivity index (χ1) is 10.3. The van der Waals surface area contributed by atoms with Gasteiger partial charge in [0.15, 0.2) is 0 Å². The van der Waals surface area contributed by atoms with Crippen LogP contribution < -0.4 is 5.32 Å². The SMILES string of the molecule is O=C(Nc1cc([N+](=O)[O-])ccc1Cl)c1cc(Cl)c(F)cc1O. The van der Waals surface area contributed by atoms with Crippen LogP contribution in [0.1, 0.15) is 10.4 Å². The molecule has 0 unspecified atom stereocenters. The van der Waals surface area contributed by atoms with Gasteiger partial charge in [-0.15, -0.1) is 0 Å². The number of carbonyl (C=O) groups excluding carboxylic acids is 1. The van der Waals surface area contributed by atoms with Gasteiger partial charge in [-0.1, -0.05) is 23.2 Å². The number of aromatic hydroxyl groups is 1. The van der Waals surface area contributed by atoms with Crippen molar-refractivity contribution < 1.29 is 19.2 Å². The highest BCUT2D eigenvalue weighted by molar-refractivity contribution is 6.34. The van der Waals surface area contributed by atoms with Crippen molar-refractivity contribution in [3.8, 4) is 5.75 Å². The average molecular weight is 345 g/mol. The van der Waals surface area contributed by atoms with Gasteiger partial charge in [0, 0.05) is 18.2 Å². The molecule has 0 aromatic heterocycles. The molecule has 0 aliphatic rings. The van der Waals surface area contributed by atoms with Crippen LogP contribution in [-0.2, 0) is 0 Å². The largest absolute Gasteiger partial charge is 0.507 e. The molecule has 2 rings (SSSR count). The molecule has 2 aromatic carbocycles. The molecule has 0 aliphatic heterocycles. The molecule has 2 N–H and O–H groups in total. The van der Waals surface area contributed by atoms with Crippen molar-refractivity contribution in [3.63, 3.8) is 0 Å². The number of nitrogens with zero attached hydrogens (tertiary/aromatic N) is 1. The van der Waals surface area contributed by atoms with Crippen LogP contribution in [0, 0.1) is 15.9 Å². The number of nitro groups is 1. The molecule has 22 heavy (non-hydrogen) atoms. The summed E-state index contributed by atoms with van der Waals surface area (Å²) < 4.78 is 13.1. The van der Waals surface area contributed by atoms with Gasteiger partial charge < -0.3 is 10.4 Å². The van der Waals surface area contributed by atoms with E-state index in [9.17, 15) is 24.4 Å². The molecular weight excluding hydrogens is 338 g/mol. The van der Waals surface area contributed by atoms with E-state index in [2.05, 4.69) is 5.32 Å². The third-order valence-corrected chi connectivity index (χ3v) is 3.31. The molecule has 0 saturated carbocycles. The van der Waals surface area contributed by atoms with E-state index in [-0.39, 0.29) is 27.0 Å². The molecule has 0 spiro atoms. The molecule has 1 amide bonds. The number of nitro benzene ring substituents is 1. The molecule has 6 nitrogen and oxygen atoms in total. The lowest BCUT2D eigenvalue weighted by molar-refractivity contribution is -0.384. The number of amides is 1. The topological polar surface area (TPSA) is 92.5 Å². The summed E-state index contributed by atoms with van der Waals surface area (Å²) >= 11 is 11.4. The Hall–Kier alpha value is -2.38. The first-order valence-electron chi connectivity index (χ1n) is 5.73. The number of hydrogen-bond donors (Lipinski definition) is 2. The molecule has 114 valence electrons. The van der Waals surface area contributed by atoms with Crippen molar-refractivity contribution in [2.75, 3.05) is 5.32 Å². The van der Waals surface area contributed by atoms with Gasteiger partial charge in [0.1, 0.15) is 11.6 Å². The monoisotopic (exact) mass is 344 g/mol. The summed E-state index contributed by atoms with van der Waals surface area (Å²) in [5.74, 6) is -2.35. The van der Waals surface area contributed by atoms with Gasteiger partial charge in [-0.2, -0.15) is 0 Å². The lowest BCUT2D eigenvalue weighted by atomic mass is 10.1. The molecular formula is C13H7Cl2FN2O4. The fourth-order valence-electron chi connectivity index (χ4n) is 1.63. The highest BCUT2D eigenvalue weighted by atomic mass is 35.5. The Morgan fingerprint density at radius 1 is 1.23 bits per heavy atom. The van der Waals surface area contributed by atoms with Gasteiger partial charge in [-0.05, 0) is 12.1 Å². The van der Waals surface area contributed by atoms with Crippen LogP contribution in [-0.4, -0.2) is 15.9 Å². The Labute approximate surface area is 133 Å². The van der Waals surface area contributed by atoms with Crippen molar-refractivity contribution in [2.24, 2.45) is 0 Å². The van der Waals surface area contributed by atoms with Crippen LogP contribution in [0.5, 0.6) is 5.75 Å². The maximum atomic E-state index is 13.1. The molecule has 0 bridgehead atoms. The van der Waals surface area contributed by atoms with E-state index in [0.717, 1.165) is 12.1 Å². The van der Waals surface area contributed by atoms with Crippen LogP contribution in [0.4, 0.5) is 15.8 Å². The number of carbonyl (C=O) groups is 1. The maximum absolute atomic E-state index is 13.1. The predicted octanol–water partition coefficient (Wildman–Crippen LogP) is 4.00. The minimum atomic E-state index is -0.885. The molecule has 2 aromatic rings. The predicted molar refractivity (Wildman–Crippen MR) is 79.1 cm³/mol. The third-order valence-electron chi connectivity index (χ3n) is 2.69. The summed E-state index contributed by atoms with van der Waals surface area (Å²) in [6.45, 7) is 0. The highest BCUT2D eigenvalue weighted by Gasteiger charge is 2.17. The number of halogens is 3. The van der Waals surface area contributed by atoms with E-state index in [1.54, 1.807) is 0 Å². The van der Waals surface area contributed by atoms with Gasteiger partial charge >= 0.3 is 0 Å². The zero-order valence-corrected chi connectivity index (χ0v) is 12.2. The zero-order valence-electron chi connectivity index (χ0n) is 10.6. The van der Waals surface area contributed by atoms with Crippen molar-refractivity contribution in [1.29, 1.82) is 0 Å². The Bertz CT molecular complexity index is 783. The Balaban J connectivity index is 2.35. The van der Waals surface area contributed by atoms with E-state index >= 15 is 0 Å². The molecule has 0 saturated heterocycles. The number of phenols is 1. The van der Waals surface area contributed by atoms with E-state index < -0.39 is 22.4 Å². The van der Waals surface area contributed by atoms with Crippen molar-refractivity contribution in [3.05, 3.63) is 61.9 Å². The number of non-ortho nitro benzene ring substituents is 1. The fourth-order valence-corrected chi connectivity index (χ4v) is 1.96. The Kier molecular flexibility index (Phi) is 4.48. The quantitative estimate of drug-likeness (QED) is 0.650. The third kappa shape index (κ3) is 3.26. The zero-order chi connectivity index (χ0) is 16.4. The molecule has 9 heteroatoms. The van der Waals surface area contributed by atoms with E-state index in [1.807, 2.05) is 0 Å². The average Bonchev–Trinajstić information content (AvgIpc) is 2.44. The maximum Gasteiger partial charge on any atom is 0.271 e. The molecule has 0 aliphatic carbocycles. The second kappa shape index (κ2) is 6.17. The molecule has 0 fully saturated rings. The normalized spacial score (nSPS) is 10.3. The Morgan fingerprint density at radius 2 is 1.91 bits per heavy atom. The smallest absolute Gasteiger partial charge is 0.271 e. The number of rotatable bonds is 3. The second-order valence-electron chi connectivity index (χ2n) is 4.16. The summed E-state index contributed by atoms with van der Waals surface area (Å²) in [4.78, 5) is 22.1. The first kappa shape index (κ1) is 16.0. The first-order valence-corrected chi connectivity index (χ1v) is 6.48. The van der Waals surface area contributed by atoms with E-state index in [0.29, 0.717) is 6.07 Å². The van der Waals surface area contributed by atoms with Crippen LogP contribution in [0.15, 0.2) is 30.3 Å². The van der Waals surface area contributed by atoms with E-state index in [1.165, 1.54) is 12.1 Å². The van der Waals surface area contributed by atoms with Crippen LogP contribution in [0.25, 0.3) is 0 Å². The highest BCUT2D eigenvalue weighted by Crippen LogP contribution is 2.29. The van der Waals surface area contributed by atoms with Crippen molar-refractivity contribution in [1.82, 2.24) is 0 Å². The summed E-state index contributed by atoms with van der Waals surface area (Å²) in [6, 6.07) is 5.10. The van der Waals surface area contributed by atoms with Crippen LogP contribution in [0.2, 0.25) is 10.0 Å². The number of phenolic OH excluding ortho intramolecular Hbond substituents is 1. The second-order valence-corrected chi connectivity index (χ2v) is 4.97. The van der Waals surface area contributed by atoms with Crippen molar-refractivity contribution >= 4 is 40.5 Å². The van der Waals surface area contributed by atoms with Gasteiger partial charge in [0.2, 0.25) is 0 Å². The van der Waals surface area contributed by atoms with Gasteiger partial charge in [-0.25, -0.2) is 4.39 Å². The minimum Gasteiger partial charge on any atom is -0.507 e. The summed E-state index contributed by atoms with van der Waals surface area (Å²) in [5.41, 5.74) is -0.601. The fraction of sp³-hybridized carbons (Fsp3) is 0. The van der Waals surface area contributed by atoms with E-state index in [4.69, 9.17) is 23.2 Å². The lowest BCUT2D eigenvalue weighted by Gasteiger charge is -2.09. The van der Waals surface area contributed by atoms with Gasteiger partial charge in [0.05, 0.1) is 26.2 Å². The molecule has 0 heterocycles. The standard InChI is InChI=1S/C13H7Cl2FN2O4/c14-8-2-1-6(18(21)22)3-11(8)17-13(20)7-4-9(15)10(16)5-12(7)19/h1-5,19H,(H,17,20). The van der Waals surface area contributed by atoms with Crippen molar-refractivity contribution in [2.45, 2.75) is 0 Å². The Morgan fingerprint density at radius 3 is 2.55 bits per heavy atom.